The molecule has 0 saturated carbocycles. The summed E-state index contributed by atoms with van der Waals surface area (Å²) in [5.41, 5.74) is -1.67. The van der Waals surface area contributed by atoms with Gasteiger partial charge in [-0.25, -0.2) is 32.7 Å². The van der Waals surface area contributed by atoms with Crippen LogP contribution in [0.2, 0.25) is 5.02 Å². The number of benzene rings is 1. The second kappa shape index (κ2) is 9.63. The van der Waals surface area contributed by atoms with Gasteiger partial charge >= 0.3 is 6.18 Å². The van der Waals surface area contributed by atoms with Crippen LogP contribution in [0.15, 0.2) is 35.5 Å². The normalized spacial score (nSPS) is 17.8. The molecule has 0 bridgehead atoms. The fourth-order valence-electron chi connectivity index (χ4n) is 3.82. The van der Waals surface area contributed by atoms with E-state index in [0.29, 0.717) is 6.07 Å². The lowest BCUT2D eigenvalue weighted by molar-refractivity contribution is -0.137. The van der Waals surface area contributed by atoms with Crippen molar-refractivity contribution in [3.63, 3.8) is 0 Å². The minimum atomic E-state index is -4.78. The Morgan fingerprint density at radius 2 is 1.86 bits per heavy atom. The molecule has 15 heteroatoms. The summed E-state index contributed by atoms with van der Waals surface area (Å²) >= 11 is 5.82. The molecule has 1 aromatic carbocycles. The SMILES string of the molecule is CS(=N)(=O)c1cc(NC(=O)c2nc3cc(Cl)c(C(F)(F)F)cc3nc2N2CCCC(F)(F)CC2)ccn1. The third-order valence-corrected chi connectivity index (χ3v) is 7.00. The van der Waals surface area contributed by atoms with E-state index < -0.39 is 44.7 Å². The average Bonchev–Trinajstić information content (AvgIpc) is 2.97. The van der Waals surface area contributed by atoms with E-state index in [1.807, 2.05) is 0 Å². The van der Waals surface area contributed by atoms with Crippen LogP contribution in [-0.4, -0.2) is 50.3 Å². The number of rotatable bonds is 4. The number of halogens is 6. The van der Waals surface area contributed by atoms with Gasteiger partial charge < -0.3 is 10.2 Å². The first-order valence-corrected chi connectivity index (χ1v) is 13.2. The van der Waals surface area contributed by atoms with E-state index in [9.17, 15) is 31.0 Å². The molecule has 8 nitrogen and oxygen atoms in total. The topological polar surface area (TPSA) is 112 Å². The van der Waals surface area contributed by atoms with Gasteiger partial charge in [-0.05, 0) is 30.7 Å². The highest BCUT2D eigenvalue weighted by atomic mass is 35.5. The number of hydrogen-bond donors (Lipinski definition) is 2. The predicted molar refractivity (Wildman–Crippen MR) is 128 cm³/mol. The molecule has 0 aliphatic carbocycles. The largest absolute Gasteiger partial charge is 0.417 e. The van der Waals surface area contributed by atoms with Crippen molar-refractivity contribution in [2.24, 2.45) is 0 Å². The van der Waals surface area contributed by atoms with E-state index in [4.69, 9.17) is 16.4 Å². The van der Waals surface area contributed by atoms with Crippen LogP contribution in [0, 0.1) is 4.78 Å². The van der Waals surface area contributed by atoms with Gasteiger partial charge in [-0.3, -0.25) is 4.79 Å². The molecule has 1 fully saturated rings. The number of nitrogens with one attached hydrogen (secondary N) is 2. The molecule has 0 radical (unpaired) electrons. The summed E-state index contributed by atoms with van der Waals surface area (Å²) in [5, 5.41) is 1.79. The highest BCUT2D eigenvalue weighted by molar-refractivity contribution is 7.91. The van der Waals surface area contributed by atoms with E-state index in [1.165, 1.54) is 23.2 Å². The van der Waals surface area contributed by atoms with E-state index in [2.05, 4.69) is 20.3 Å². The van der Waals surface area contributed by atoms with Crippen LogP contribution in [0.1, 0.15) is 35.3 Å². The zero-order chi connectivity index (χ0) is 27.2. The predicted octanol–water partition coefficient (Wildman–Crippen LogP) is 5.61. The molecule has 4 rings (SSSR count). The number of hydrogen-bond acceptors (Lipinski definition) is 7. The number of amides is 1. The Hall–Kier alpha value is -3.13. The number of carbonyl (C=O) groups excluding carboxylic acids is 1. The van der Waals surface area contributed by atoms with Gasteiger partial charge in [0.25, 0.3) is 5.91 Å². The Labute approximate surface area is 213 Å². The van der Waals surface area contributed by atoms with E-state index in [-0.39, 0.29) is 59.2 Å². The highest BCUT2D eigenvalue weighted by Gasteiger charge is 2.36. The van der Waals surface area contributed by atoms with Crippen LogP contribution in [0.3, 0.4) is 0 Å². The molecular formula is C22H20ClF5N6O2S. The van der Waals surface area contributed by atoms with Crippen LogP contribution in [0.5, 0.6) is 0 Å². The van der Waals surface area contributed by atoms with Gasteiger partial charge in [-0.15, -0.1) is 0 Å². The Bertz CT molecular complexity index is 1480. The molecule has 1 aliphatic rings. The number of carbonyl (C=O) groups is 1. The van der Waals surface area contributed by atoms with E-state index >= 15 is 0 Å². The minimum Gasteiger partial charge on any atom is -0.354 e. The molecule has 1 saturated heterocycles. The number of fused-ring (bicyclic) bond motifs is 1. The number of anilines is 2. The Kier molecular flexibility index (Phi) is 7.01. The van der Waals surface area contributed by atoms with Gasteiger partial charge in [0.15, 0.2) is 11.5 Å². The maximum absolute atomic E-state index is 14.0. The van der Waals surface area contributed by atoms with Crippen molar-refractivity contribution in [2.75, 3.05) is 29.6 Å². The van der Waals surface area contributed by atoms with Crippen molar-refractivity contribution in [3.05, 3.63) is 46.7 Å². The van der Waals surface area contributed by atoms with Gasteiger partial charge in [0, 0.05) is 44.1 Å². The van der Waals surface area contributed by atoms with Crippen molar-refractivity contribution >= 4 is 49.8 Å². The zero-order valence-electron chi connectivity index (χ0n) is 19.2. The third-order valence-electron chi connectivity index (χ3n) is 5.66. The van der Waals surface area contributed by atoms with Crippen molar-refractivity contribution in [3.8, 4) is 0 Å². The molecule has 0 spiro atoms. The third kappa shape index (κ3) is 6.06. The molecule has 3 aromatic rings. The first-order valence-electron chi connectivity index (χ1n) is 10.9. The van der Waals surface area contributed by atoms with Gasteiger partial charge in [0.2, 0.25) is 5.92 Å². The van der Waals surface area contributed by atoms with Gasteiger partial charge in [-0.1, -0.05) is 11.6 Å². The quantitative estimate of drug-likeness (QED) is 0.400. The molecule has 198 valence electrons. The Balaban J connectivity index is 1.82. The fraction of sp³-hybridized carbons (Fsp3) is 0.364. The summed E-state index contributed by atoms with van der Waals surface area (Å²) in [7, 11) is -3.19. The molecule has 37 heavy (non-hydrogen) atoms. The van der Waals surface area contributed by atoms with Crippen LogP contribution in [0.25, 0.3) is 11.0 Å². The molecule has 1 atom stereocenters. The lowest BCUT2D eigenvalue weighted by Gasteiger charge is -2.24. The van der Waals surface area contributed by atoms with Crippen molar-refractivity contribution in [1.29, 1.82) is 4.78 Å². The lowest BCUT2D eigenvalue weighted by atomic mass is 10.1. The number of aromatic nitrogens is 3. The van der Waals surface area contributed by atoms with Crippen molar-refractivity contribution in [2.45, 2.75) is 36.4 Å². The monoisotopic (exact) mass is 562 g/mol. The molecule has 3 heterocycles. The zero-order valence-corrected chi connectivity index (χ0v) is 20.8. The Morgan fingerprint density at radius 1 is 1.16 bits per heavy atom. The number of alkyl halides is 5. The molecule has 1 unspecified atom stereocenters. The van der Waals surface area contributed by atoms with Gasteiger partial charge in [-0.2, -0.15) is 13.2 Å². The Morgan fingerprint density at radius 3 is 2.54 bits per heavy atom. The molecule has 1 amide bonds. The highest BCUT2D eigenvalue weighted by Crippen LogP contribution is 2.37. The van der Waals surface area contributed by atoms with E-state index in [1.54, 1.807) is 0 Å². The molecular weight excluding hydrogens is 543 g/mol. The lowest BCUT2D eigenvalue weighted by Crippen LogP contribution is -2.30. The molecule has 1 aliphatic heterocycles. The fourth-order valence-corrected chi connectivity index (χ4v) is 4.70. The first kappa shape index (κ1) is 26.9. The summed E-state index contributed by atoms with van der Waals surface area (Å²) in [6.07, 6.45) is -3.24. The van der Waals surface area contributed by atoms with Crippen LogP contribution >= 0.6 is 11.6 Å². The number of pyridine rings is 1. The average molecular weight is 563 g/mol. The smallest absolute Gasteiger partial charge is 0.354 e. The second-order valence-electron chi connectivity index (χ2n) is 8.59. The molecule has 2 aromatic heterocycles. The van der Waals surface area contributed by atoms with Crippen LogP contribution in [-0.2, 0) is 15.9 Å². The summed E-state index contributed by atoms with van der Waals surface area (Å²) in [5.74, 6) is -3.94. The summed E-state index contributed by atoms with van der Waals surface area (Å²) < 4.78 is 87.9. The van der Waals surface area contributed by atoms with E-state index in [0.717, 1.165) is 12.3 Å². The minimum absolute atomic E-state index is 0.0598. The first-order chi connectivity index (χ1) is 17.1. The standard InChI is InChI=1S/C22H20ClF5N6O2S/c1-37(29,36)17-9-12(3-6-30-17)31-20(35)18-19(34-7-2-4-21(24,25)5-8-34)33-15-10-13(22(26,27)28)14(23)11-16(15)32-18/h3,6,9-11,29H,2,4-5,7-8H2,1H3,(H,30,31,35). The summed E-state index contributed by atoms with van der Waals surface area (Å²) in [6, 6.07) is 4.24. The second-order valence-corrected chi connectivity index (χ2v) is 11.1. The molecule has 2 N–H and O–H groups in total. The summed E-state index contributed by atoms with van der Waals surface area (Å²) in [4.78, 5) is 27.0. The number of nitrogens with zero attached hydrogens (tertiary/aromatic N) is 4. The summed E-state index contributed by atoms with van der Waals surface area (Å²) in [6.45, 7) is -0.130. The van der Waals surface area contributed by atoms with Crippen molar-refractivity contribution < 1.29 is 31.0 Å². The van der Waals surface area contributed by atoms with Crippen molar-refractivity contribution in [1.82, 2.24) is 15.0 Å². The maximum atomic E-state index is 14.0. The van der Waals surface area contributed by atoms with Crippen LogP contribution in [0.4, 0.5) is 33.5 Å². The van der Waals surface area contributed by atoms with Gasteiger partial charge in [0.05, 0.1) is 31.3 Å². The van der Waals surface area contributed by atoms with Crippen LogP contribution < -0.4 is 10.2 Å². The van der Waals surface area contributed by atoms with Gasteiger partial charge in [0.1, 0.15) is 5.03 Å². The maximum Gasteiger partial charge on any atom is 0.417 e.